The van der Waals surface area contributed by atoms with Crippen LogP contribution in [0.2, 0.25) is 0 Å². The first-order valence-electron chi connectivity index (χ1n) is 8.79. The highest BCUT2D eigenvalue weighted by molar-refractivity contribution is 5.79. The SMILES string of the molecule is CC(=O)N1CCC(C(=O)NCC2(c3ccc(F)cc3)CCC2)CC1. The molecule has 3 rings (SSSR count). The highest BCUT2D eigenvalue weighted by Gasteiger charge is 2.39. The topological polar surface area (TPSA) is 49.4 Å². The van der Waals surface area contributed by atoms with E-state index in [0.29, 0.717) is 19.6 Å². The van der Waals surface area contributed by atoms with E-state index >= 15 is 0 Å². The van der Waals surface area contributed by atoms with Gasteiger partial charge in [-0.25, -0.2) is 4.39 Å². The third kappa shape index (κ3) is 3.45. The molecule has 1 aromatic carbocycles. The quantitative estimate of drug-likeness (QED) is 0.921. The number of hydrogen-bond donors (Lipinski definition) is 1. The molecule has 1 heterocycles. The smallest absolute Gasteiger partial charge is 0.223 e. The van der Waals surface area contributed by atoms with Gasteiger partial charge in [-0.2, -0.15) is 0 Å². The van der Waals surface area contributed by atoms with Crippen LogP contribution in [0.1, 0.15) is 44.6 Å². The third-order valence-corrected chi connectivity index (χ3v) is 5.68. The molecule has 0 radical (unpaired) electrons. The molecule has 1 aliphatic heterocycles. The fourth-order valence-corrected chi connectivity index (χ4v) is 3.83. The second-order valence-electron chi connectivity index (χ2n) is 7.14. The van der Waals surface area contributed by atoms with Gasteiger partial charge < -0.3 is 10.2 Å². The summed E-state index contributed by atoms with van der Waals surface area (Å²) in [4.78, 5) is 25.6. The van der Waals surface area contributed by atoms with Gasteiger partial charge in [0.05, 0.1) is 0 Å². The first kappa shape index (κ1) is 16.9. The van der Waals surface area contributed by atoms with E-state index in [1.165, 1.54) is 12.1 Å². The molecule has 5 heteroatoms. The first-order valence-corrected chi connectivity index (χ1v) is 8.79. The minimum absolute atomic E-state index is 0.00838. The van der Waals surface area contributed by atoms with Gasteiger partial charge in [0.1, 0.15) is 5.82 Å². The number of halogens is 1. The summed E-state index contributed by atoms with van der Waals surface area (Å²) in [6, 6.07) is 6.67. The van der Waals surface area contributed by atoms with Gasteiger partial charge in [-0.15, -0.1) is 0 Å². The monoisotopic (exact) mass is 332 g/mol. The summed E-state index contributed by atoms with van der Waals surface area (Å²) in [6.45, 7) is 3.51. The van der Waals surface area contributed by atoms with E-state index in [9.17, 15) is 14.0 Å². The van der Waals surface area contributed by atoms with Crippen LogP contribution in [0, 0.1) is 11.7 Å². The molecule has 0 atom stereocenters. The molecule has 130 valence electrons. The van der Waals surface area contributed by atoms with Crippen LogP contribution in [0.25, 0.3) is 0 Å². The van der Waals surface area contributed by atoms with Crippen LogP contribution >= 0.6 is 0 Å². The van der Waals surface area contributed by atoms with Crippen molar-refractivity contribution in [1.29, 1.82) is 0 Å². The summed E-state index contributed by atoms with van der Waals surface area (Å²) in [6.07, 6.45) is 4.66. The Labute approximate surface area is 142 Å². The van der Waals surface area contributed by atoms with Crippen molar-refractivity contribution in [2.75, 3.05) is 19.6 Å². The van der Waals surface area contributed by atoms with Crippen molar-refractivity contribution in [3.63, 3.8) is 0 Å². The lowest BCUT2D eigenvalue weighted by molar-refractivity contribution is -0.134. The Bertz CT molecular complexity index is 602. The van der Waals surface area contributed by atoms with Crippen molar-refractivity contribution in [1.82, 2.24) is 10.2 Å². The van der Waals surface area contributed by atoms with Crippen LogP contribution in [-0.2, 0) is 15.0 Å². The standard InChI is InChI=1S/C19H25FN2O2/c1-14(23)22-11-7-15(8-12-22)18(24)21-13-19(9-2-10-19)16-3-5-17(20)6-4-16/h3-6,15H,2,7-13H2,1H3,(H,21,24). The Kier molecular flexibility index (Phi) is 4.88. The fraction of sp³-hybridized carbons (Fsp3) is 0.579. The van der Waals surface area contributed by atoms with Gasteiger partial charge in [0.2, 0.25) is 11.8 Å². The summed E-state index contributed by atoms with van der Waals surface area (Å²) in [5, 5.41) is 3.12. The van der Waals surface area contributed by atoms with E-state index < -0.39 is 0 Å². The molecular formula is C19H25FN2O2. The van der Waals surface area contributed by atoms with Crippen LogP contribution in [0.3, 0.4) is 0 Å². The molecule has 2 aliphatic rings. The Hall–Kier alpha value is -1.91. The molecule has 0 bridgehead atoms. The Morgan fingerprint density at radius 1 is 1.21 bits per heavy atom. The number of amides is 2. The van der Waals surface area contributed by atoms with Crippen LogP contribution in [0.15, 0.2) is 24.3 Å². The number of hydrogen-bond acceptors (Lipinski definition) is 2. The second kappa shape index (κ2) is 6.91. The average molecular weight is 332 g/mol. The molecule has 1 aliphatic carbocycles. The molecule has 1 aromatic rings. The number of rotatable bonds is 4. The summed E-state index contributed by atoms with van der Waals surface area (Å²) in [5.74, 6) is -0.0642. The minimum Gasteiger partial charge on any atom is -0.355 e. The van der Waals surface area contributed by atoms with Gasteiger partial charge in [0.15, 0.2) is 0 Å². The predicted octanol–water partition coefficient (Wildman–Crippen LogP) is 2.62. The van der Waals surface area contributed by atoms with Crippen molar-refractivity contribution in [3.05, 3.63) is 35.6 Å². The fourth-order valence-electron chi connectivity index (χ4n) is 3.83. The number of nitrogens with zero attached hydrogens (tertiary/aromatic N) is 1. The second-order valence-corrected chi connectivity index (χ2v) is 7.14. The zero-order valence-corrected chi connectivity index (χ0v) is 14.2. The molecule has 2 fully saturated rings. The Morgan fingerprint density at radius 3 is 2.33 bits per heavy atom. The predicted molar refractivity (Wildman–Crippen MR) is 89.9 cm³/mol. The molecule has 1 saturated carbocycles. The van der Waals surface area contributed by atoms with Gasteiger partial charge in [-0.05, 0) is 43.4 Å². The maximum absolute atomic E-state index is 13.1. The average Bonchev–Trinajstić information content (AvgIpc) is 2.55. The van der Waals surface area contributed by atoms with Crippen molar-refractivity contribution in [2.24, 2.45) is 5.92 Å². The Morgan fingerprint density at radius 2 is 1.83 bits per heavy atom. The third-order valence-electron chi connectivity index (χ3n) is 5.68. The van der Waals surface area contributed by atoms with Crippen molar-refractivity contribution >= 4 is 11.8 Å². The molecule has 2 amide bonds. The molecular weight excluding hydrogens is 307 g/mol. The number of carbonyl (C=O) groups is 2. The summed E-state index contributed by atoms with van der Waals surface area (Å²) < 4.78 is 13.1. The van der Waals surface area contributed by atoms with Crippen molar-refractivity contribution in [2.45, 2.75) is 44.4 Å². The summed E-state index contributed by atoms with van der Waals surface area (Å²) in [7, 11) is 0. The maximum atomic E-state index is 13.1. The number of carbonyl (C=O) groups excluding carboxylic acids is 2. The lowest BCUT2D eigenvalue weighted by Gasteiger charge is -2.43. The summed E-state index contributed by atoms with van der Waals surface area (Å²) in [5.41, 5.74) is 1.07. The van der Waals surface area contributed by atoms with E-state index in [1.54, 1.807) is 11.8 Å². The highest BCUT2D eigenvalue weighted by atomic mass is 19.1. The maximum Gasteiger partial charge on any atom is 0.223 e. The van der Waals surface area contributed by atoms with Gasteiger partial charge in [0, 0.05) is 37.9 Å². The molecule has 1 N–H and O–H groups in total. The van der Waals surface area contributed by atoms with Crippen molar-refractivity contribution in [3.8, 4) is 0 Å². The largest absolute Gasteiger partial charge is 0.355 e. The normalized spacial score (nSPS) is 20.3. The van der Waals surface area contributed by atoms with Crippen LogP contribution in [0.5, 0.6) is 0 Å². The highest BCUT2D eigenvalue weighted by Crippen LogP contribution is 2.43. The lowest BCUT2D eigenvalue weighted by atomic mass is 9.64. The summed E-state index contributed by atoms with van der Waals surface area (Å²) >= 11 is 0. The number of benzene rings is 1. The molecule has 1 saturated heterocycles. The molecule has 24 heavy (non-hydrogen) atoms. The number of likely N-dealkylation sites (tertiary alicyclic amines) is 1. The van der Waals surface area contributed by atoms with Gasteiger partial charge in [-0.1, -0.05) is 18.6 Å². The Balaban J connectivity index is 1.55. The zero-order valence-electron chi connectivity index (χ0n) is 14.2. The van der Waals surface area contributed by atoms with Gasteiger partial charge >= 0.3 is 0 Å². The number of piperidine rings is 1. The van der Waals surface area contributed by atoms with E-state index in [1.807, 2.05) is 12.1 Å². The molecule has 0 aromatic heterocycles. The molecule has 0 unspecified atom stereocenters. The molecule has 4 nitrogen and oxygen atoms in total. The lowest BCUT2D eigenvalue weighted by Crippen LogP contribution is -2.48. The van der Waals surface area contributed by atoms with E-state index in [2.05, 4.69) is 5.32 Å². The number of nitrogens with one attached hydrogen (secondary N) is 1. The molecule has 0 spiro atoms. The first-order chi connectivity index (χ1) is 11.5. The van der Waals surface area contributed by atoms with Crippen molar-refractivity contribution < 1.29 is 14.0 Å². The van der Waals surface area contributed by atoms with Crippen LogP contribution in [-0.4, -0.2) is 36.3 Å². The van der Waals surface area contributed by atoms with Gasteiger partial charge in [-0.3, -0.25) is 9.59 Å². The van der Waals surface area contributed by atoms with E-state index in [0.717, 1.165) is 37.7 Å². The van der Waals surface area contributed by atoms with Crippen LogP contribution in [0.4, 0.5) is 4.39 Å². The zero-order chi connectivity index (χ0) is 17.2. The van der Waals surface area contributed by atoms with E-state index in [-0.39, 0.29) is 29.0 Å². The van der Waals surface area contributed by atoms with Crippen LogP contribution < -0.4 is 5.32 Å². The van der Waals surface area contributed by atoms with Gasteiger partial charge in [0.25, 0.3) is 0 Å². The van der Waals surface area contributed by atoms with E-state index in [4.69, 9.17) is 0 Å². The minimum atomic E-state index is -0.227.